The standard InChI is InChI=1S/C29H48O2/c1-3-4-5-6-8-25-14-16-27(17-15-25)23-31-29-20-18-28(19-21-29)30-22-7-9-26-12-10-24(2)11-13-26/h18-21,24-27H,3-17,22-23H2,1-2H3/t24-,25-,26-,27-. The van der Waals surface area contributed by atoms with Crippen molar-refractivity contribution in [2.75, 3.05) is 13.2 Å². The highest BCUT2D eigenvalue weighted by molar-refractivity contribution is 5.31. The summed E-state index contributed by atoms with van der Waals surface area (Å²) in [6.45, 7) is 6.41. The molecule has 176 valence electrons. The molecule has 0 atom stereocenters. The molecule has 31 heavy (non-hydrogen) atoms. The van der Waals surface area contributed by atoms with Gasteiger partial charge in [0.2, 0.25) is 0 Å². The fourth-order valence-corrected chi connectivity index (χ4v) is 5.57. The molecule has 0 amide bonds. The summed E-state index contributed by atoms with van der Waals surface area (Å²) in [6, 6.07) is 8.31. The molecular formula is C29H48O2. The van der Waals surface area contributed by atoms with Crippen LogP contribution in [0.3, 0.4) is 0 Å². The highest BCUT2D eigenvalue weighted by Crippen LogP contribution is 2.33. The lowest BCUT2D eigenvalue weighted by Gasteiger charge is -2.28. The van der Waals surface area contributed by atoms with Crippen LogP contribution in [-0.4, -0.2) is 13.2 Å². The van der Waals surface area contributed by atoms with Gasteiger partial charge in [0, 0.05) is 0 Å². The van der Waals surface area contributed by atoms with Crippen molar-refractivity contribution >= 4 is 0 Å². The Morgan fingerprint density at radius 2 is 1.19 bits per heavy atom. The minimum Gasteiger partial charge on any atom is -0.494 e. The second kappa shape index (κ2) is 14.1. The predicted octanol–water partition coefficient (Wildman–Crippen LogP) is 8.83. The summed E-state index contributed by atoms with van der Waals surface area (Å²) in [5.74, 6) is 5.57. The normalized spacial score (nSPS) is 26.5. The zero-order chi connectivity index (χ0) is 21.7. The van der Waals surface area contributed by atoms with E-state index in [4.69, 9.17) is 9.47 Å². The minimum absolute atomic E-state index is 0.741. The highest BCUT2D eigenvalue weighted by Gasteiger charge is 2.21. The summed E-state index contributed by atoms with van der Waals surface area (Å²) in [4.78, 5) is 0. The van der Waals surface area contributed by atoms with Crippen LogP contribution in [0.5, 0.6) is 11.5 Å². The Bertz CT molecular complexity index is 565. The van der Waals surface area contributed by atoms with Gasteiger partial charge in [0.25, 0.3) is 0 Å². The third-order valence-corrected chi connectivity index (χ3v) is 7.90. The highest BCUT2D eigenvalue weighted by atomic mass is 16.5. The summed E-state index contributed by atoms with van der Waals surface area (Å²) in [7, 11) is 0. The molecule has 0 aromatic heterocycles. The number of hydrogen-bond donors (Lipinski definition) is 0. The van der Waals surface area contributed by atoms with E-state index in [0.29, 0.717) is 0 Å². The minimum atomic E-state index is 0.741. The van der Waals surface area contributed by atoms with Crippen LogP contribution in [0.15, 0.2) is 24.3 Å². The van der Waals surface area contributed by atoms with E-state index in [2.05, 4.69) is 38.1 Å². The topological polar surface area (TPSA) is 18.5 Å². The molecule has 0 unspecified atom stereocenters. The molecule has 2 aliphatic rings. The monoisotopic (exact) mass is 428 g/mol. The van der Waals surface area contributed by atoms with Crippen LogP contribution in [-0.2, 0) is 0 Å². The van der Waals surface area contributed by atoms with Crippen molar-refractivity contribution in [1.29, 1.82) is 0 Å². The molecule has 0 bridgehead atoms. The molecule has 2 saturated carbocycles. The molecule has 1 aromatic carbocycles. The summed E-state index contributed by atoms with van der Waals surface area (Å²) >= 11 is 0. The maximum Gasteiger partial charge on any atom is 0.119 e. The van der Waals surface area contributed by atoms with Crippen molar-refractivity contribution in [3.63, 3.8) is 0 Å². The van der Waals surface area contributed by atoms with Crippen LogP contribution >= 0.6 is 0 Å². The molecule has 0 radical (unpaired) electrons. The second-order valence-electron chi connectivity index (χ2n) is 10.6. The fraction of sp³-hybridized carbons (Fsp3) is 0.793. The number of benzene rings is 1. The zero-order valence-electron chi connectivity index (χ0n) is 20.5. The quantitative estimate of drug-likeness (QED) is 0.292. The molecule has 2 nitrogen and oxygen atoms in total. The van der Waals surface area contributed by atoms with E-state index in [-0.39, 0.29) is 0 Å². The van der Waals surface area contributed by atoms with Gasteiger partial charge in [0.1, 0.15) is 11.5 Å². The molecule has 2 heteroatoms. The van der Waals surface area contributed by atoms with Crippen molar-refractivity contribution in [2.24, 2.45) is 23.7 Å². The third kappa shape index (κ3) is 9.46. The van der Waals surface area contributed by atoms with Crippen LogP contribution in [0.4, 0.5) is 0 Å². The molecule has 0 heterocycles. The first-order valence-corrected chi connectivity index (χ1v) is 13.6. The number of rotatable bonds is 13. The van der Waals surface area contributed by atoms with Crippen LogP contribution in [0.25, 0.3) is 0 Å². The maximum atomic E-state index is 6.11. The Morgan fingerprint density at radius 1 is 0.645 bits per heavy atom. The Morgan fingerprint density at radius 3 is 1.84 bits per heavy atom. The molecule has 2 fully saturated rings. The van der Waals surface area contributed by atoms with E-state index in [0.717, 1.165) is 48.4 Å². The van der Waals surface area contributed by atoms with Gasteiger partial charge in [-0.3, -0.25) is 0 Å². The molecular weight excluding hydrogens is 380 g/mol. The van der Waals surface area contributed by atoms with Crippen molar-refractivity contribution in [3.05, 3.63) is 24.3 Å². The van der Waals surface area contributed by atoms with E-state index in [9.17, 15) is 0 Å². The van der Waals surface area contributed by atoms with Crippen molar-refractivity contribution < 1.29 is 9.47 Å². The summed E-state index contributed by atoms with van der Waals surface area (Å²) in [6.07, 6.45) is 20.8. The Labute approximate surface area is 192 Å². The smallest absolute Gasteiger partial charge is 0.119 e. The van der Waals surface area contributed by atoms with Gasteiger partial charge in [0.05, 0.1) is 13.2 Å². The summed E-state index contributed by atoms with van der Waals surface area (Å²) in [5, 5.41) is 0. The van der Waals surface area contributed by atoms with E-state index in [1.165, 1.54) is 96.3 Å². The molecule has 0 N–H and O–H groups in total. The first-order valence-electron chi connectivity index (χ1n) is 13.6. The molecule has 1 aromatic rings. The molecule has 3 rings (SSSR count). The molecule has 0 aliphatic heterocycles. The van der Waals surface area contributed by atoms with E-state index in [1.54, 1.807) is 0 Å². The molecule has 2 aliphatic carbocycles. The Kier molecular flexibility index (Phi) is 11.1. The summed E-state index contributed by atoms with van der Waals surface area (Å²) < 4.78 is 12.1. The Balaban J connectivity index is 1.24. The molecule has 0 spiro atoms. The predicted molar refractivity (Wildman–Crippen MR) is 132 cm³/mol. The van der Waals surface area contributed by atoms with Crippen molar-refractivity contribution in [2.45, 2.75) is 110 Å². The van der Waals surface area contributed by atoms with E-state index < -0.39 is 0 Å². The number of hydrogen-bond acceptors (Lipinski definition) is 2. The van der Waals surface area contributed by atoms with Gasteiger partial charge in [-0.2, -0.15) is 0 Å². The molecule has 0 saturated heterocycles. The SMILES string of the molecule is CCCCCC[C@H]1CC[C@H](COc2ccc(OCCC[C@H]3CC[C@H](C)CC3)cc2)CC1. The lowest BCUT2D eigenvalue weighted by molar-refractivity contribution is 0.177. The van der Waals surface area contributed by atoms with Gasteiger partial charge in [-0.15, -0.1) is 0 Å². The first kappa shape index (κ1) is 24.5. The van der Waals surface area contributed by atoms with Gasteiger partial charge in [-0.05, 0) is 73.6 Å². The fourth-order valence-electron chi connectivity index (χ4n) is 5.57. The maximum absolute atomic E-state index is 6.11. The van der Waals surface area contributed by atoms with Gasteiger partial charge >= 0.3 is 0 Å². The number of ether oxygens (including phenoxy) is 2. The van der Waals surface area contributed by atoms with E-state index in [1.807, 2.05) is 0 Å². The third-order valence-electron chi connectivity index (χ3n) is 7.90. The lowest BCUT2D eigenvalue weighted by atomic mass is 9.80. The van der Waals surface area contributed by atoms with Crippen molar-refractivity contribution in [3.8, 4) is 11.5 Å². The van der Waals surface area contributed by atoms with Crippen molar-refractivity contribution in [1.82, 2.24) is 0 Å². The van der Waals surface area contributed by atoms with Gasteiger partial charge in [-0.1, -0.05) is 84.5 Å². The lowest BCUT2D eigenvalue weighted by Crippen LogP contribution is -2.20. The average Bonchev–Trinajstić information content (AvgIpc) is 2.81. The van der Waals surface area contributed by atoms with Crippen LogP contribution in [0.2, 0.25) is 0 Å². The van der Waals surface area contributed by atoms with E-state index >= 15 is 0 Å². The van der Waals surface area contributed by atoms with Crippen LogP contribution < -0.4 is 9.47 Å². The van der Waals surface area contributed by atoms with Gasteiger partial charge < -0.3 is 9.47 Å². The summed E-state index contributed by atoms with van der Waals surface area (Å²) in [5.41, 5.74) is 0. The van der Waals surface area contributed by atoms with Crippen LogP contribution in [0.1, 0.15) is 110 Å². The Hall–Kier alpha value is -1.18. The average molecular weight is 429 g/mol. The van der Waals surface area contributed by atoms with Gasteiger partial charge in [0.15, 0.2) is 0 Å². The largest absolute Gasteiger partial charge is 0.494 e. The number of unbranched alkanes of at least 4 members (excludes halogenated alkanes) is 3. The van der Waals surface area contributed by atoms with Gasteiger partial charge in [-0.25, -0.2) is 0 Å². The second-order valence-corrected chi connectivity index (χ2v) is 10.6. The zero-order valence-corrected chi connectivity index (χ0v) is 20.5. The first-order chi connectivity index (χ1) is 15.2. The van der Waals surface area contributed by atoms with Crippen LogP contribution in [0, 0.1) is 23.7 Å².